The predicted molar refractivity (Wildman–Crippen MR) is 120 cm³/mol. The molecule has 182 valence electrons. The maximum atomic E-state index is 12.4. The van der Waals surface area contributed by atoms with Crippen LogP contribution in [-0.4, -0.2) is 58.0 Å². The first-order chi connectivity index (χ1) is 16.1. The zero-order valence-electron chi connectivity index (χ0n) is 18.2. The zero-order valence-corrected chi connectivity index (χ0v) is 19.0. The quantitative estimate of drug-likeness (QED) is 0.234. The van der Waals surface area contributed by atoms with Crippen molar-refractivity contribution in [1.29, 1.82) is 0 Å². The molecule has 0 atom stereocenters. The van der Waals surface area contributed by atoms with E-state index in [0.717, 1.165) is 12.1 Å². The van der Waals surface area contributed by atoms with Gasteiger partial charge in [-0.3, -0.25) is 19.7 Å². The van der Waals surface area contributed by atoms with E-state index in [0.29, 0.717) is 0 Å². The van der Waals surface area contributed by atoms with Gasteiger partial charge in [0.25, 0.3) is 11.6 Å². The topological polar surface area (TPSA) is 183 Å². The molecular weight excluding hydrogens is 472 g/mol. The number of rotatable bonds is 11. The highest BCUT2D eigenvalue weighted by Crippen LogP contribution is 2.27. The van der Waals surface area contributed by atoms with Crippen LogP contribution in [-0.2, 0) is 29.1 Å². The van der Waals surface area contributed by atoms with Crippen molar-refractivity contribution in [2.75, 3.05) is 37.4 Å². The lowest BCUT2D eigenvalue weighted by molar-refractivity contribution is -0.384. The normalized spacial score (nSPS) is 10.8. The third-order valence-corrected chi connectivity index (χ3v) is 5.61. The molecule has 0 fully saturated rings. The Morgan fingerprint density at radius 2 is 1.76 bits per heavy atom. The summed E-state index contributed by atoms with van der Waals surface area (Å²) in [5.41, 5.74) is -0.101. The third kappa shape index (κ3) is 6.98. The van der Waals surface area contributed by atoms with Crippen LogP contribution in [0, 0.1) is 10.1 Å². The van der Waals surface area contributed by atoms with Crippen LogP contribution >= 0.6 is 0 Å². The van der Waals surface area contributed by atoms with Gasteiger partial charge in [0.2, 0.25) is 10.0 Å². The molecule has 1 amide bonds. The molecule has 0 aromatic heterocycles. The fraction of sp³-hybridized carbons (Fsp3) is 0.250. The molecule has 0 aliphatic heterocycles. The lowest BCUT2D eigenvalue weighted by atomic mass is 10.2. The van der Waals surface area contributed by atoms with E-state index in [9.17, 15) is 32.9 Å². The Morgan fingerprint density at radius 3 is 2.41 bits per heavy atom. The number of benzene rings is 2. The van der Waals surface area contributed by atoms with Gasteiger partial charge >= 0.3 is 11.9 Å². The van der Waals surface area contributed by atoms with Gasteiger partial charge in [-0.2, -0.15) is 4.72 Å². The molecule has 0 bridgehead atoms. The molecule has 0 radical (unpaired) electrons. The molecule has 34 heavy (non-hydrogen) atoms. The van der Waals surface area contributed by atoms with Gasteiger partial charge < -0.3 is 20.1 Å². The molecule has 13 nitrogen and oxygen atoms in total. The molecule has 2 rings (SSSR count). The molecule has 0 heterocycles. The Hall–Kier alpha value is -4.04. The summed E-state index contributed by atoms with van der Waals surface area (Å²) >= 11 is 0. The molecule has 0 aliphatic rings. The van der Waals surface area contributed by atoms with Crippen molar-refractivity contribution in [2.24, 2.45) is 0 Å². The number of anilines is 2. The van der Waals surface area contributed by atoms with Gasteiger partial charge in [-0.05, 0) is 31.2 Å². The molecule has 0 aliphatic carbocycles. The van der Waals surface area contributed by atoms with Gasteiger partial charge in [-0.15, -0.1) is 0 Å². The van der Waals surface area contributed by atoms with Crippen LogP contribution in [0.15, 0.2) is 47.4 Å². The maximum Gasteiger partial charge on any atom is 0.340 e. The average Bonchev–Trinajstić information content (AvgIpc) is 2.81. The number of hydrogen-bond donors (Lipinski definition) is 3. The Morgan fingerprint density at radius 1 is 1.06 bits per heavy atom. The minimum atomic E-state index is -4.28. The molecule has 0 saturated heterocycles. The van der Waals surface area contributed by atoms with Gasteiger partial charge in [0, 0.05) is 13.1 Å². The van der Waals surface area contributed by atoms with Crippen molar-refractivity contribution in [1.82, 2.24) is 4.72 Å². The highest BCUT2D eigenvalue weighted by atomic mass is 32.2. The van der Waals surface area contributed by atoms with Gasteiger partial charge in [-0.1, -0.05) is 12.1 Å². The van der Waals surface area contributed by atoms with E-state index in [4.69, 9.17) is 9.47 Å². The molecule has 0 saturated carbocycles. The number of amides is 1. The number of nitrogens with one attached hydrogen (secondary N) is 3. The smallest absolute Gasteiger partial charge is 0.340 e. The van der Waals surface area contributed by atoms with Crippen LogP contribution in [0.3, 0.4) is 0 Å². The van der Waals surface area contributed by atoms with Gasteiger partial charge in [0.1, 0.15) is 12.2 Å². The lowest BCUT2D eigenvalue weighted by Crippen LogP contribution is -2.32. The average molecular weight is 494 g/mol. The van der Waals surface area contributed by atoms with Crippen LogP contribution in [0.1, 0.15) is 17.3 Å². The Balaban J connectivity index is 1.94. The number of sulfonamides is 1. The van der Waals surface area contributed by atoms with Gasteiger partial charge in [-0.25, -0.2) is 13.2 Å². The van der Waals surface area contributed by atoms with Crippen molar-refractivity contribution in [3.8, 4) is 0 Å². The fourth-order valence-corrected chi connectivity index (χ4v) is 3.63. The second kappa shape index (κ2) is 11.7. The summed E-state index contributed by atoms with van der Waals surface area (Å²) < 4.78 is 36.3. The molecule has 2 aromatic rings. The minimum absolute atomic E-state index is 0.107. The van der Waals surface area contributed by atoms with E-state index in [1.54, 1.807) is 19.1 Å². The minimum Gasteiger partial charge on any atom is -0.462 e. The van der Waals surface area contributed by atoms with Crippen LogP contribution in [0.2, 0.25) is 0 Å². The first kappa shape index (κ1) is 26.2. The summed E-state index contributed by atoms with van der Waals surface area (Å²) in [6, 6.07) is 9.24. The molecule has 14 heteroatoms. The van der Waals surface area contributed by atoms with Crippen molar-refractivity contribution >= 4 is 44.9 Å². The largest absolute Gasteiger partial charge is 0.462 e. The molecule has 3 N–H and O–H groups in total. The summed E-state index contributed by atoms with van der Waals surface area (Å²) in [7, 11) is -2.84. The number of carbonyl (C=O) groups is 3. The second-order valence-corrected chi connectivity index (χ2v) is 8.25. The van der Waals surface area contributed by atoms with E-state index in [-0.39, 0.29) is 23.5 Å². The lowest BCUT2D eigenvalue weighted by Gasteiger charge is -2.11. The summed E-state index contributed by atoms with van der Waals surface area (Å²) in [5.74, 6) is -2.49. The summed E-state index contributed by atoms with van der Waals surface area (Å²) in [5, 5.41) is 16.1. The summed E-state index contributed by atoms with van der Waals surface area (Å²) in [6.07, 6.45) is 0. The van der Waals surface area contributed by atoms with E-state index < -0.39 is 56.5 Å². The first-order valence-corrected chi connectivity index (χ1v) is 11.2. The highest BCUT2D eigenvalue weighted by molar-refractivity contribution is 7.89. The van der Waals surface area contributed by atoms with E-state index in [1.165, 1.54) is 25.2 Å². The molecule has 2 aromatic carbocycles. The van der Waals surface area contributed by atoms with Crippen LogP contribution in [0.5, 0.6) is 0 Å². The third-order valence-electron chi connectivity index (χ3n) is 4.21. The zero-order chi connectivity index (χ0) is 25.3. The molecule has 0 unspecified atom stereocenters. The number of nitro benzene ring substituents is 1. The van der Waals surface area contributed by atoms with E-state index in [2.05, 4.69) is 10.6 Å². The maximum absolute atomic E-state index is 12.4. The van der Waals surface area contributed by atoms with Crippen LogP contribution in [0.4, 0.5) is 17.1 Å². The Bertz CT molecular complexity index is 1200. The molecule has 0 spiro atoms. The number of hydrogen-bond acceptors (Lipinski definition) is 10. The second-order valence-electron chi connectivity index (χ2n) is 6.49. The van der Waals surface area contributed by atoms with Gasteiger partial charge in [0.15, 0.2) is 6.61 Å². The number of nitro groups is 1. The fourth-order valence-electron chi connectivity index (χ4n) is 2.64. The number of nitrogens with zero attached hydrogens (tertiary/aromatic N) is 1. The Labute approximate surface area is 194 Å². The van der Waals surface area contributed by atoms with Crippen molar-refractivity contribution in [3.05, 3.63) is 58.1 Å². The number of ether oxygens (including phenoxy) is 2. The standard InChI is InChI=1S/C20H22N4O9S/c1-3-32-20(27)14-6-4-5-7-15(14)23-18(25)12-33-19(26)11-22-34(30,31)13-8-9-16(21-2)17(10-13)24(28)29/h4-10,21-22H,3,11-12H2,1-2H3,(H,23,25). The Kier molecular flexibility index (Phi) is 9.03. The highest BCUT2D eigenvalue weighted by Gasteiger charge is 2.22. The van der Waals surface area contributed by atoms with Crippen molar-refractivity contribution in [2.45, 2.75) is 11.8 Å². The number of carbonyl (C=O) groups excluding carboxylic acids is 3. The number of esters is 2. The monoisotopic (exact) mass is 494 g/mol. The SMILES string of the molecule is CCOC(=O)c1ccccc1NC(=O)COC(=O)CNS(=O)(=O)c1ccc(NC)c([N+](=O)[O-])c1. The van der Waals surface area contributed by atoms with Crippen molar-refractivity contribution in [3.63, 3.8) is 0 Å². The first-order valence-electron chi connectivity index (χ1n) is 9.76. The van der Waals surface area contributed by atoms with Crippen LogP contribution in [0.25, 0.3) is 0 Å². The number of para-hydroxylation sites is 1. The van der Waals surface area contributed by atoms with Gasteiger partial charge in [0.05, 0.1) is 27.7 Å². The van der Waals surface area contributed by atoms with E-state index in [1.807, 2.05) is 4.72 Å². The summed E-state index contributed by atoms with van der Waals surface area (Å²) in [6.45, 7) is 0.198. The van der Waals surface area contributed by atoms with E-state index >= 15 is 0 Å². The molecular formula is C20H22N4O9S. The summed E-state index contributed by atoms with van der Waals surface area (Å²) in [4.78, 5) is 45.8. The van der Waals surface area contributed by atoms with Crippen LogP contribution < -0.4 is 15.4 Å². The van der Waals surface area contributed by atoms with Crippen molar-refractivity contribution < 1.29 is 37.2 Å². The predicted octanol–water partition coefficient (Wildman–Crippen LogP) is 1.27.